The number of rotatable bonds is 11. The molecule has 0 aromatic rings. The molecule has 0 saturated carbocycles. The summed E-state index contributed by atoms with van der Waals surface area (Å²) in [6.07, 6.45) is 5.88. The van der Waals surface area contributed by atoms with E-state index in [-0.39, 0.29) is 0 Å². The van der Waals surface area contributed by atoms with Crippen LogP contribution in [0.2, 0.25) is 0 Å². The molecule has 0 aromatic carbocycles. The summed E-state index contributed by atoms with van der Waals surface area (Å²) < 4.78 is 10.2. The Morgan fingerprint density at radius 2 is 1.15 bits per heavy atom. The summed E-state index contributed by atoms with van der Waals surface area (Å²) in [4.78, 5) is 22.0. The molecule has 0 rings (SSSR count). The van der Waals surface area contributed by atoms with Crippen molar-refractivity contribution in [1.82, 2.24) is 0 Å². The fraction of sp³-hybridized carbons (Fsp3) is 0.857. The van der Waals surface area contributed by atoms with Crippen LogP contribution in [0, 0.1) is 0 Å². The van der Waals surface area contributed by atoms with Crippen LogP contribution in [-0.4, -0.2) is 34.8 Å². The highest BCUT2D eigenvalue weighted by Crippen LogP contribution is 2.18. The first-order valence-corrected chi connectivity index (χ1v) is 8.99. The number of hydrogen-bond acceptors (Lipinski definition) is 4. The zero-order chi connectivity index (χ0) is 15.4. The van der Waals surface area contributed by atoms with Crippen LogP contribution in [0.1, 0.15) is 52.4 Å². The number of ether oxygens (including phenoxy) is 2. The number of carbonyl (C=O) groups excluding carboxylic acids is 2. The topological polar surface area (TPSA) is 52.6 Å². The number of unbranched alkanes of at least 4 members (excludes halogenated alkanes) is 4. The monoisotopic (exact) mass is 414 g/mol. The van der Waals surface area contributed by atoms with Gasteiger partial charge < -0.3 is 9.47 Å². The van der Waals surface area contributed by atoms with Crippen molar-refractivity contribution in [1.29, 1.82) is 0 Å². The predicted molar refractivity (Wildman–Crippen MR) is 86.4 cm³/mol. The third-order valence-electron chi connectivity index (χ3n) is 2.69. The van der Waals surface area contributed by atoms with Crippen LogP contribution in [0.5, 0.6) is 0 Å². The number of hydrogen-bond donors (Lipinski definition) is 0. The Labute approximate surface area is 138 Å². The van der Waals surface area contributed by atoms with Gasteiger partial charge in [0.1, 0.15) is 9.65 Å². The molecule has 0 aliphatic heterocycles. The molecule has 0 aliphatic carbocycles. The van der Waals surface area contributed by atoms with E-state index in [4.69, 9.17) is 9.47 Å². The first-order valence-electron chi connectivity index (χ1n) is 7.16. The molecule has 0 unspecified atom stereocenters. The second kappa shape index (κ2) is 12.6. The number of esters is 2. The summed E-state index contributed by atoms with van der Waals surface area (Å²) in [7, 11) is 0. The molecule has 0 spiro atoms. The van der Waals surface area contributed by atoms with E-state index in [1.807, 2.05) is 0 Å². The normalized spacial score (nSPS) is 13.6. The first kappa shape index (κ1) is 19.9. The molecule has 20 heavy (non-hydrogen) atoms. The first-order chi connectivity index (χ1) is 9.54. The summed E-state index contributed by atoms with van der Waals surface area (Å²) in [6.45, 7) is 4.94. The van der Waals surface area contributed by atoms with Crippen molar-refractivity contribution >= 4 is 43.8 Å². The summed E-state index contributed by atoms with van der Waals surface area (Å²) in [5.41, 5.74) is 0. The molecular formula is C14H24Br2O4. The van der Waals surface area contributed by atoms with E-state index in [9.17, 15) is 9.59 Å². The molecule has 0 saturated heterocycles. The number of alkyl halides is 2. The second-order valence-electron chi connectivity index (χ2n) is 4.55. The van der Waals surface area contributed by atoms with Gasteiger partial charge in [0.15, 0.2) is 0 Å². The largest absolute Gasteiger partial charge is 0.465 e. The standard InChI is InChI=1S/C14H24Br2O4/c1-3-5-7-9-19-13(17)11(15)12(16)14(18)20-10-8-6-4-2/h11-12H,3-10H2,1-2H3/t11-,12-/m0/s1. The van der Waals surface area contributed by atoms with Crippen molar-refractivity contribution in [2.45, 2.75) is 62.0 Å². The van der Waals surface area contributed by atoms with Crippen LogP contribution in [0.15, 0.2) is 0 Å². The molecule has 0 aromatic heterocycles. The number of halogens is 2. The third-order valence-corrected chi connectivity index (χ3v) is 5.21. The van der Waals surface area contributed by atoms with Crippen molar-refractivity contribution in [3.05, 3.63) is 0 Å². The second-order valence-corrected chi connectivity index (χ2v) is 6.53. The van der Waals surface area contributed by atoms with Gasteiger partial charge in [0.05, 0.1) is 13.2 Å². The number of carbonyl (C=O) groups is 2. The smallest absolute Gasteiger partial charge is 0.321 e. The lowest BCUT2D eigenvalue weighted by atomic mass is 10.2. The van der Waals surface area contributed by atoms with Crippen LogP contribution >= 0.6 is 31.9 Å². The Bertz CT molecular complexity index is 256. The van der Waals surface area contributed by atoms with E-state index in [0.717, 1.165) is 38.5 Å². The van der Waals surface area contributed by atoms with E-state index in [1.54, 1.807) is 0 Å². The van der Waals surface area contributed by atoms with Gasteiger partial charge >= 0.3 is 11.9 Å². The van der Waals surface area contributed by atoms with Crippen molar-refractivity contribution in [2.75, 3.05) is 13.2 Å². The van der Waals surface area contributed by atoms with Gasteiger partial charge in [-0.1, -0.05) is 71.4 Å². The molecule has 0 fully saturated rings. The average Bonchev–Trinajstić information content (AvgIpc) is 2.46. The Hall–Kier alpha value is -0.100. The Balaban J connectivity index is 3.95. The third kappa shape index (κ3) is 8.95. The molecule has 0 bridgehead atoms. The van der Waals surface area contributed by atoms with Crippen LogP contribution in [0.25, 0.3) is 0 Å². The van der Waals surface area contributed by atoms with Crippen molar-refractivity contribution in [3.63, 3.8) is 0 Å². The van der Waals surface area contributed by atoms with Gasteiger partial charge in [-0.15, -0.1) is 0 Å². The molecular weight excluding hydrogens is 392 g/mol. The van der Waals surface area contributed by atoms with Crippen LogP contribution in [0.4, 0.5) is 0 Å². The SMILES string of the molecule is CCCCCOC(=O)[C@@H](Br)[C@H](Br)C(=O)OCCCCC. The lowest BCUT2D eigenvalue weighted by Gasteiger charge is -2.15. The zero-order valence-electron chi connectivity index (χ0n) is 12.2. The molecule has 118 valence electrons. The summed E-state index contributed by atoms with van der Waals surface area (Å²) in [5.74, 6) is -0.873. The van der Waals surface area contributed by atoms with E-state index in [0.29, 0.717) is 13.2 Å². The van der Waals surface area contributed by atoms with Crippen molar-refractivity contribution in [2.24, 2.45) is 0 Å². The fourth-order valence-corrected chi connectivity index (χ4v) is 2.14. The highest BCUT2D eigenvalue weighted by atomic mass is 79.9. The lowest BCUT2D eigenvalue weighted by molar-refractivity contribution is -0.149. The maximum Gasteiger partial charge on any atom is 0.321 e. The van der Waals surface area contributed by atoms with Gasteiger partial charge in [-0.2, -0.15) is 0 Å². The van der Waals surface area contributed by atoms with Gasteiger partial charge in [-0.25, -0.2) is 0 Å². The van der Waals surface area contributed by atoms with E-state index in [1.165, 1.54) is 0 Å². The van der Waals surface area contributed by atoms with Crippen LogP contribution in [-0.2, 0) is 19.1 Å². The predicted octanol–water partition coefficient (Wildman–Crippen LogP) is 3.98. The lowest BCUT2D eigenvalue weighted by Crippen LogP contribution is -2.34. The molecule has 0 N–H and O–H groups in total. The molecule has 0 heterocycles. The summed E-state index contributed by atoms with van der Waals surface area (Å²) in [6, 6.07) is 0. The maximum absolute atomic E-state index is 11.7. The van der Waals surface area contributed by atoms with Gasteiger partial charge in [0, 0.05) is 0 Å². The van der Waals surface area contributed by atoms with E-state index in [2.05, 4.69) is 45.7 Å². The zero-order valence-corrected chi connectivity index (χ0v) is 15.4. The van der Waals surface area contributed by atoms with Crippen molar-refractivity contribution < 1.29 is 19.1 Å². The van der Waals surface area contributed by atoms with Gasteiger partial charge in [0.2, 0.25) is 0 Å². The minimum absolute atomic E-state index is 0.389. The minimum Gasteiger partial charge on any atom is -0.465 e. The Morgan fingerprint density at radius 3 is 1.45 bits per heavy atom. The van der Waals surface area contributed by atoms with Crippen LogP contribution in [0.3, 0.4) is 0 Å². The quantitative estimate of drug-likeness (QED) is 0.291. The van der Waals surface area contributed by atoms with E-state index >= 15 is 0 Å². The van der Waals surface area contributed by atoms with Gasteiger partial charge in [-0.05, 0) is 12.8 Å². The van der Waals surface area contributed by atoms with Crippen LogP contribution < -0.4 is 0 Å². The molecule has 0 aliphatic rings. The Morgan fingerprint density at radius 1 is 0.800 bits per heavy atom. The molecule has 0 amide bonds. The van der Waals surface area contributed by atoms with E-state index < -0.39 is 21.6 Å². The highest BCUT2D eigenvalue weighted by Gasteiger charge is 2.31. The summed E-state index contributed by atoms with van der Waals surface area (Å²) in [5, 5.41) is 0. The molecule has 2 atom stereocenters. The average molecular weight is 416 g/mol. The van der Waals surface area contributed by atoms with Gasteiger partial charge in [-0.3, -0.25) is 9.59 Å². The van der Waals surface area contributed by atoms with Gasteiger partial charge in [0.25, 0.3) is 0 Å². The molecule has 0 radical (unpaired) electrons. The minimum atomic E-state index is -0.720. The summed E-state index contributed by atoms with van der Waals surface area (Å²) >= 11 is 6.36. The Kier molecular flexibility index (Phi) is 12.6. The maximum atomic E-state index is 11.7. The molecule has 4 nitrogen and oxygen atoms in total. The van der Waals surface area contributed by atoms with Crippen molar-refractivity contribution in [3.8, 4) is 0 Å². The molecule has 6 heteroatoms. The fourth-order valence-electron chi connectivity index (χ4n) is 1.45. The highest BCUT2D eigenvalue weighted by molar-refractivity contribution is 9.12.